The van der Waals surface area contributed by atoms with Gasteiger partial charge in [0.2, 0.25) is 0 Å². The Morgan fingerprint density at radius 2 is 2.03 bits per heavy atom. The van der Waals surface area contributed by atoms with E-state index in [1.54, 1.807) is 34.6 Å². The van der Waals surface area contributed by atoms with Crippen molar-refractivity contribution in [2.45, 2.75) is 26.3 Å². The minimum atomic E-state index is -0.275. The van der Waals surface area contributed by atoms with E-state index in [2.05, 4.69) is 34.3 Å². The van der Waals surface area contributed by atoms with Gasteiger partial charge in [0, 0.05) is 49.0 Å². The number of nitrogens with one attached hydrogen (secondary N) is 1. The van der Waals surface area contributed by atoms with E-state index in [0.29, 0.717) is 32.8 Å². The van der Waals surface area contributed by atoms with Crippen LogP contribution in [0.3, 0.4) is 0 Å². The molecule has 33 heavy (non-hydrogen) atoms. The predicted molar refractivity (Wildman–Crippen MR) is 127 cm³/mol. The molecule has 4 rings (SSSR count). The Balaban J connectivity index is 1.64. The van der Waals surface area contributed by atoms with Crippen LogP contribution < -0.4 is 5.32 Å². The summed E-state index contributed by atoms with van der Waals surface area (Å²) < 4.78 is 10.4. The maximum atomic E-state index is 12.8. The number of nitrogens with zero attached hydrogens (tertiary/aromatic N) is 3. The van der Waals surface area contributed by atoms with Gasteiger partial charge in [0.1, 0.15) is 5.00 Å². The van der Waals surface area contributed by atoms with Crippen LogP contribution in [0.25, 0.3) is 0 Å². The molecule has 3 aromatic heterocycles. The molecule has 0 radical (unpaired) electrons. The molecule has 8 nitrogen and oxygen atoms in total. The van der Waals surface area contributed by atoms with E-state index in [9.17, 15) is 9.59 Å². The number of hydrogen-bond acceptors (Lipinski definition) is 7. The Bertz CT molecular complexity index is 1060. The summed E-state index contributed by atoms with van der Waals surface area (Å²) in [6.07, 6.45) is 5.70. The molecule has 0 bridgehead atoms. The number of hydrogen-bond donors (Lipinski definition) is 1. The predicted octanol–water partition coefficient (Wildman–Crippen LogP) is 4.41. The van der Waals surface area contributed by atoms with Crippen LogP contribution >= 0.6 is 11.3 Å². The van der Waals surface area contributed by atoms with Crippen LogP contribution in [0.2, 0.25) is 0 Å². The van der Waals surface area contributed by atoms with Crippen molar-refractivity contribution >= 4 is 28.3 Å². The highest BCUT2D eigenvalue weighted by molar-refractivity contribution is 7.16. The molecule has 0 saturated carbocycles. The molecule has 0 spiro atoms. The zero-order chi connectivity index (χ0) is 23.2. The highest BCUT2D eigenvalue weighted by Crippen LogP contribution is 2.39. The Hall–Kier alpha value is -3.17. The van der Waals surface area contributed by atoms with Crippen molar-refractivity contribution < 1.29 is 18.7 Å². The van der Waals surface area contributed by atoms with Gasteiger partial charge in [0.25, 0.3) is 5.91 Å². The molecule has 4 heterocycles. The molecule has 1 fully saturated rings. The summed E-state index contributed by atoms with van der Waals surface area (Å²) in [5.74, 6) is -0.00352. The third-order valence-corrected chi connectivity index (χ3v) is 6.84. The summed E-state index contributed by atoms with van der Waals surface area (Å²) >= 11 is 1.58. The van der Waals surface area contributed by atoms with Gasteiger partial charge in [-0.15, -0.1) is 11.3 Å². The molecule has 0 aromatic carbocycles. The molecule has 1 aliphatic rings. The number of thiophene rings is 1. The molecule has 9 heteroatoms. The number of pyridine rings is 1. The topological polar surface area (TPSA) is 87.9 Å². The van der Waals surface area contributed by atoms with Gasteiger partial charge < -0.3 is 19.4 Å². The highest BCUT2D eigenvalue weighted by atomic mass is 32.1. The molecular formula is C24H28N4O4S. The van der Waals surface area contributed by atoms with Gasteiger partial charge in [-0.3, -0.25) is 14.7 Å². The van der Waals surface area contributed by atoms with Crippen molar-refractivity contribution in [3.8, 4) is 0 Å². The van der Waals surface area contributed by atoms with E-state index in [1.807, 2.05) is 19.2 Å². The lowest BCUT2D eigenvalue weighted by Crippen LogP contribution is -2.50. The van der Waals surface area contributed by atoms with Crippen molar-refractivity contribution in [2.75, 3.05) is 38.1 Å². The molecule has 1 aliphatic heterocycles. The average molecular weight is 469 g/mol. The molecule has 1 atom stereocenters. The summed E-state index contributed by atoms with van der Waals surface area (Å²) in [7, 11) is 0. The third kappa shape index (κ3) is 5.26. The first-order chi connectivity index (χ1) is 16.1. The third-order valence-electron chi connectivity index (χ3n) is 5.63. The number of anilines is 1. The largest absolute Gasteiger partial charge is 0.459 e. The van der Waals surface area contributed by atoms with E-state index in [-0.39, 0.29) is 23.8 Å². The minimum Gasteiger partial charge on any atom is -0.459 e. The lowest BCUT2D eigenvalue weighted by molar-refractivity contribution is 0.0715. The number of amides is 2. The molecule has 0 aliphatic carbocycles. The molecule has 1 unspecified atom stereocenters. The number of ether oxygens (including phenoxy) is 1. The molecule has 3 aromatic rings. The Morgan fingerprint density at radius 3 is 2.67 bits per heavy atom. The van der Waals surface area contributed by atoms with Crippen molar-refractivity contribution in [3.63, 3.8) is 0 Å². The molecule has 1 saturated heterocycles. The Morgan fingerprint density at radius 1 is 1.21 bits per heavy atom. The van der Waals surface area contributed by atoms with Crippen molar-refractivity contribution in [3.05, 3.63) is 70.8 Å². The summed E-state index contributed by atoms with van der Waals surface area (Å²) in [6.45, 7) is 6.80. The zero-order valence-electron chi connectivity index (χ0n) is 18.8. The van der Waals surface area contributed by atoms with Gasteiger partial charge in [-0.1, -0.05) is 13.0 Å². The normalized spacial score (nSPS) is 15.3. The summed E-state index contributed by atoms with van der Waals surface area (Å²) in [6, 6.07) is 9.38. The molecular weight excluding hydrogens is 440 g/mol. The fourth-order valence-corrected chi connectivity index (χ4v) is 5.03. The first-order valence-electron chi connectivity index (χ1n) is 11.1. The van der Waals surface area contributed by atoms with E-state index in [0.717, 1.165) is 22.5 Å². The van der Waals surface area contributed by atoms with Crippen molar-refractivity contribution in [1.29, 1.82) is 0 Å². The second-order valence-corrected chi connectivity index (χ2v) is 8.83. The number of carbonyl (C=O) groups is 2. The van der Waals surface area contributed by atoms with Gasteiger partial charge in [0.15, 0.2) is 5.76 Å². The molecule has 174 valence electrons. The van der Waals surface area contributed by atoms with Gasteiger partial charge in [-0.25, -0.2) is 4.79 Å². The van der Waals surface area contributed by atoms with Crippen LogP contribution in [0, 0.1) is 0 Å². The van der Waals surface area contributed by atoms with Crippen LogP contribution in [0.1, 0.15) is 46.4 Å². The fraction of sp³-hybridized carbons (Fsp3) is 0.375. The van der Waals surface area contributed by atoms with Gasteiger partial charge in [-0.2, -0.15) is 0 Å². The lowest BCUT2D eigenvalue weighted by atomic mass is 9.98. The SMILES string of the molecule is CCOC(=O)N1CCN(C(c2cccnc2)c2cc(CC)sc2NC(=O)c2ccco2)CC1. The van der Waals surface area contributed by atoms with E-state index >= 15 is 0 Å². The zero-order valence-corrected chi connectivity index (χ0v) is 19.6. The van der Waals surface area contributed by atoms with Crippen LogP contribution in [0.4, 0.5) is 9.80 Å². The monoisotopic (exact) mass is 468 g/mol. The first kappa shape index (κ1) is 23.0. The van der Waals surface area contributed by atoms with Crippen molar-refractivity contribution in [2.24, 2.45) is 0 Å². The number of piperazine rings is 1. The highest BCUT2D eigenvalue weighted by Gasteiger charge is 2.31. The van der Waals surface area contributed by atoms with Gasteiger partial charge >= 0.3 is 6.09 Å². The standard InChI is InChI=1S/C24H28N4O4S/c1-3-18-15-19(23(33-18)26-22(29)20-8-6-14-32-20)21(17-7-5-9-25-16-17)27-10-12-28(13-11-27)24(30)31-4-2/h5-9,14-16,21H,3-4,10-13H2,1-2H3,(H,26,29). The number of carbonyl (C=O) groups excluding carboxylic acids is 2. The van der Waals surface area contributed by atoms with Crippen LogP contribution in [-0.4, -0.2) is 59.6 Å². The van der Waals surface area contributed by atoms with E-state index in [1.165, 1.54) is 11.1 Å². The maximum Gasteiger partial charge on any atom is 0.409 e. The first-order valence-corrected chi connectivity index (χ1v) is 12.0. The fourth-order valence-electron chi connectivity index (χ4n) is 4.01. The average Bonchev–Trinajstić information content (AvgIpc) is 3.51. The number of aryl methyl sites for hydroxylation is 1. The molecule has 1 N–H and O–H groups in total. The second kappa shape index (κ2) is 10.6. The van der Waals surface area contributed by atoms with Crippen molar-refractivity contribution in [1.82, 2.24) is 14.8 Å². The quantitative estimate of drug-likeness (QED) is 0.553. The summed E-state index contributed by atoms with van der Waals surface area (Å²) in [4.78, 5) is 34.5. The summed E-state index contributed by atoms with van der Waals surface area (Å²) in [5, 5.41) is 3.86. The number of rotatable bonds is 7. The summed E-state index contributed by atoms with van der Waals surface area (Å²) in [5.41, 5.74) is 2.06. The van der Waals surface area contributed by atoms with E-state index in [4.69, 9.17) is 9.15 Å². The van der Waals surface area contributed by atoms with Gasteiger partial charge in [0.05, 0.1) is 18.9 Å². The van der Waals surface area contributed by atoms with Crippen LogP contribution in [0.5, 0.6) is 0 Å². The second-order valence-electron chi connectivity index (χ2n) is 7.69. The minimum absolute atomic E-state index is 0.105. The molecule has 2 amide bonds. The number of aromatic nitrogens is 1. The van der Waals surface area contributed by atoms with E-state index < -0.39 is 0 Å². The number of furan rings is 1. The van der Waals surface area contributed by atoms with Gasteiger partial charge in [-0.05, 0) is 43.2 Å². The van der Waals surface area contributed by atoms with Crippen LogP contribution in [-0.2, 0) is 11.2 Å². The lowest BCUT2D eigenvalue weighted by Gasteiger charge is -2.39. The smallest absolute Gasteiger partial charge is 0.409 e. The van der Waals surface area contributed by atoms with Crippen LogP contribution in [0.15, 0.2) is 53.4 Å². The Kier molecular flexibility index (Phi) is 7.41. The maximum absolute atomic E-state index is 12.8. The Labute approximate surface area is 197 Å².